The van der Waals surface area contributed by atoms with E-state index in [2.05, 4.69) is 56.3 Å². The molecule has 0 bridgehead atoms. The summed E-state index contributed by atoms with van der Waals surface area (Å²) in [5, 5.41) is 3.25. The van der Waals surface area contributed by atoms with Crippen LogP contribution in [0.15, 0.2) is 66.4 Å². The largest absolute Gasteiger partial charge is 0.326 e. The van der Waals surface area contributed by atoms with Crippen LogP contribution in [0.5, 0.6) is 0 Å². The molecule has 3 nitrogen and oxygen atoms in total. The Balaban J connectivity index is 1.70. The Morgan fingerprint density at radius 3 is 2.90 bits per heavy atom. The Hall–Kier alpha value is -2.46. The van der Waals surface area contributed by atoms with Crippen LogP contribution in [0, 0.1) is 0 Å². The van der Waals surface area contributed by atoms with Crippen molar-refractivity contribution in [2.24, 2.45) is 0 Å². The van der Waals surface area contributed by atoms with Gasteiger partial charge < -0.3 is 4.57 Å². The second-order valence-electron chi connectivity index (χ2n) is 4.89. The van der Waals surface area contributed by atoms with Crippen molar-refractivity contribution in [3.05, 3.63) is 72.0 Å². The van der Waals surface area contributed by atoms with E-state index in [1.807, 2.05) is 24.7 Å². The molecule has 3 heterocycles. The van der Waals surface area contributed by atoms with Gasteiger partial charge in [0.25, 0.3) is 0 Å². The molecule has 1 aromatic carbocycles. The Kier molecular flexibility index (Phi) is 3.01. The molecule has 0 unspecified atom stereocenters. The van der Waals surface area contributed by atoms with Crippen LogP contribution in [0.2, 0.25) is 0 Å². The quantitative estimate of drug-likeness (QED) is 0.566. The first-order valence-corrected chi connectivity index (χ1v) is 7.67. The smallest absolute Gasteiger partial charge is 0.150 e. The summed E-state index contributed by atoms with van der Waals surface area (Å²) in [4.78, 5) is 10.0. The minimum absolute atomic E-state index is 0.818. The minimum Gasteiger partial charge on any atom is -0.326 e. The fourth-order valence-corrected chi connectivity index (χ4v) is 3.22. The zero-order valence-electron chi connectivity index (χ0n) is 11.3. The van der Waals surface area contributed by atoms with Gasteiger partial charge in [0.2, 0.25) is 0 Å². The molecule has 0 amide bonds. The normalized spacial score (nSPS) is 11.0. The molecule has 0 aliphatic rings. The molecule has 0 N–H and O–H groups in total. The van der Waals surface area contributed by atoms with Crippen molar-refractivity contribution in [3.63, 3.8) is 0 Å². The fraction of sp³-hybridized carbons (Fsp3) is 0.0588. The minimum atomic E-state index is 0.818. The maximum atomic E-state index is 4.48. The second-order valence-corrected chi connectivity index (χ2v) is 5.83. The maximum Gasteiger partial charge on any atom is 0.150 e. The highest BCUT2D eigenvalue weighted by atomic mass is 32.1. The summed E-state index contributed by atoms with van der Waals surface area (Å²) in [6, 6.07) is 14.6. The zero-order chi connectivity index (χ0) is 14.1. The Labute approximate surface area is 126 Å². The van der Waals surface area contributed by atoms with Gasteiger partial charge in [0.15, 0.2) is 0 Å². The number of rotatable bonds is 3. The number of imidazole rings is 1. The molecule has 0 saturated carbocycles. The van der Waals surface area contributed by atoms with Crippen molar-refractivity contribution < 1.29 is 0 Å². The van der Waals surface area contributed by atoms with Gasteiger partial charge in [0, 0.05) is 30.5 Å². The molecule has 3 aromatic heterocycles. The number of benzene rings is 1. The number of thiophene rings is 1. The van der Waals surface area contributed by atoms with Gasteiger partial charge in [-0.05, 0) is 35.2 Å². The fourth-order valence-electron chi connectivity index (χ4n) is 2.49. The topological polar surface area (TPSA) is 30.7 Å². The van der Waals surface area contributed by atoms with E-state index >= 15 is 0 Å². The van der Waals surface area contributed by atoms with Gasteiger partial charge in [-0.1, -0.05) is 18.2 Å². The Morgan fingerprint density at radius 2 is 2.00 bits per heavy atom. The lowest BCUT2D eigenvalue weighted by molar-refractivity contribution is 0.810. The van der Waals surface area contributed by atoms with Crippen LogP contribution < -0.4 is 0 Å². The Morgan fingerprint density at radius 1 is 1.00 bits per heavy atom. The van der Waals surface area contributed by atoms with E-state index in [4.69, 9.17) is 0 Å². The average molecular weight is 291 g/mol. The highest BCUT2D eigenvalue weighted by molar-refractivity contribution is 7.13. The van der Waals surface area contributed by atoms with Crippen molar-refractivity contribution in [3.8, 4) is 10.7 Å². The highest BCUT2D eigenvalue weighted by Gasteiger charge is 2.07. The van der Waals surface area contributed by atoms with Gasteiger partial charge in [-0.25, -0.2) is 4.98 Å². The van der Waals surface area contributed by atoms with Crippen LogP contribution >= 0.6 is 11.3 Å². The molecule has 0 spiro atoms. The van der Waals surface area contributed by atoms with E-state index < -0.39 is 0 Å². The summed E-state index contributed by atoms with van der Waals surface area (Å²) in [5.41, 5.74) is 2.29. The molecular formula is C17H13N3S. The van der Waals surface area contributed by atoms with Crippen molar-refractivity contribution >= 4 is 22.2 Å². The van der Waals surface area contributed by atoms with Crippen LogP contribution in [0.1, 0.15) is 5.56 Å². The van der Waals surface area contributed by atoms with E-state index in [0.717, 1.165) is 17.9 Å². The molecule has 0 aliphatic heterocycles. The number of nitrogens with zero attached hydrogens (tertiary/aromatic N) is 3. The van der Waals surface area contributed by atoms with Crippen molar-refractivity contribution in [2.75, 3.05) is 0 Å². The van der Waals surface area contributed by atoms with E-state index in [1.165, 1.54) is 15.8 Å². The molecule has 4 heteroatoms. The van der Waals surface area contributed by atoms with Crippen LogP contribution in [0.3, 0.4) is 0 Å². The van der Waals surface area contributed by atoms with Crippen molar-refractivity contribution in [2.45, 2.75) is 6.54 Å². The van der Waals surface area contributed by atoms with E-state index in [9.17, 15) is 0 Å². The summed E-state index contributed by atoms with van der Waals surface area (Å²) in [5.74, 6) is 1.02. The highest BCUT2D eigenvalue weighted by Crippen LogP contribution is 2.24. The number of aromatic nitrogens is 3. The van der Waals surface area contributed by atoms with Gasteiger partial charge >= 0.3 is 0 Å². The van der Waals surface area contributed by atoms with Crippen molar-refractivity contribution in [1.29, 1.82) is 0 Å². The molecule has 0 atom stereocenters. The van der Waals surface area contributed by atoms with E-state index in [1.54, 1.807) is 11.3 Å². The summed E-state index contributed by atoms with van der Waals surface area (Å²) < 4.78 is 2.18. The maximum absolute atomic E-state index is 4.48. The third kappa shape index (κ3) is 2.34. The van der Waals surface area contributed by atoms with Gasteiger partial charge in [-0.2, -0.15) is 0 Å². The monoisotopic (exact) mass is 291 g/mol. The van der Waals surface area contributed by atoms with Crippen molar-refractivity contribution in [1.82, 2.24) is 14.5 Å². The third-order valence-corrected chi connectivity index (χ3v) is 4.34. The Bertz CT molecular complexity index is 878. The number of fused-ring (bicyclic) bond motifs is 1. The summed E-state index contributed by atoms with van der Waals surface area (Å²) in [6.07, 6.45) is 5.72. The molecule has 102 valence electrons. The average Bonchev–Trinajstić information content (AvgIpc) is 3.18. The molecule has 0 aliphatic carbocycles. The van der Waals surface area contributed by atoms with Crippen LogP contribution in [0.25, 0.3) is 21.6 Å². The van der Waals surface area contributed by atoms with Gasteiger partial charge in [-0.15, -0.1) is 11.3 Å². The standard InChI is InChI=1S/C17H13N3S/c1-3-14-11-13(5-6-15(14)18-7-1)12-20-9-8-19-17(20)16-4-2-10-21-16/h1-11H,12H2. The summed E-state index contributed by atoms with van der Waals surface area (Å²) >= 11 is 1.71. The molecule has 21 heavy (non-hydrogen) atoms. The lowest BCUT2D eigenvalue weighted by atomic mass is 10.1. The van der Waals surface area contributed by atoms with Crippen LogP contribution in [-0.2, 0) is 6.54 Å². The van der Waals surface area contributed by atoms with Crippen LogP contribution in [0.4, 0.5) is 0 Å². The molecule has 0 saturated heterocycles. The predicted molar refractivity (Wildman–Crippen MR) is 86.4 cm³/mol. The van der Waals surface area contributed by atoms with Gasteiger partial charge in [-0.3, -0.25) is 4.98 Å². The summed E-state index contributed by atoms with van der Waals surface area (Å²) in [6.45, 7) is 0.818. The lowest BCUT2D eigenvalue weighted by Crippen LogP contribution is -2.00. The molecular weight excluding hydrogens is 278 g/mol. The van der Waals surface area contributed by atoms with Crippen LogP contribution in [-0.4, -0.2) is 14.5 Å². The second kappa shape index (κ2) is 5.14. The number of hydrogen-bond acceptors (Lipinski definition) is 3. The first-order valence-electron chi connectivity index (χ1n) is 6.79. The predicted octanol–water partition coefficient (Wildman–Crippen LogP) is 4.21. The lowest BCUT2D eigenvalue weighted by Gasteiger charge is -2.07. The molecule has 0 radical (unpaired) electrons. The molecule has 4 aromatic rings. The summed E-state index contributed by atoms with van der Waals surface area (Å²) in [7, 11) is 0. The van der Waals surface area contributed by atoms with E-state index in [0.29, 0.717) is 0 Å². The number of hydrogen-bond donors (Lipinski definition) is 0. The number of pyridine rings is 1. The third-order valence-electron chi connectivity index (χ3n) is 3.48. The zero-order valence-corrected chi connectivity index (χ0v) is 12.1. The molecule has 4 rings (SSSR count). The van der Waals surface area contributed by atoms with Gasteiger partial charge in [0.1, 0.15) is 5.82 Å². The first-order chi connectivity index (χ1) is 10.4. The first kappa shape index (κ1) is 12.3. The SMILES string of the molecule is c1csc(-c2nccn2Cc2ccc3ncccc3c2)c1. The van der Waals surface area contributed by atoms with E-state index in [-0.39, 0.29) is 0 Å². The molecule has 0 fully saturated rings. The van der Waals surface area contributed by atoms with Gasteiger partial charge in [0.05, 0.1) is 10.4 Å².